The Morgan fingerprint density at radius 1 is 1.04 bits per heavy atom. The van der Waals surface area contributed by atoms with E-state index in [-0.39, 0.29) is 24.0 Å². The lowest BCUT2D eigenvalue weighted by molar-refractivity contribution is 0.0702. The lowest BCUT2D eigenvalue weighted by atomic mass is 10.1. The molecular formula is C19H34IN3O3. The van der Waals surface area contributed by atoms with Gasteiger partial charge in [-0.15, -0.1) is 24.0 Å². The zero-order valence-corrected chi connectivity index (χ0v) is 18.8. The second kappa shape index (κ2) is 16.1. The second-order valence-electron chi connectivity index (χ2n) is 5.72. The van der Waals surface area contributed by atoms with Gasteiger partial charge in [0.25, 0.3) is 0 Å². The molecule has 0 radical (unpaired) electrons. The first-order valence-corrected chi connectivity index (χ1v) is 8.97. The molecule has 0 amide bonds. The lowest BCUT2D eigenvalue weighted by Crippen LogP contribution is -2.39. The zero-order chi connectivity index (χ0) is 18.3. The van der Waals surface area contributed by atoms with E-state index < -0.39 is 0 Å². The molecule has 1 rings (SSSR count). The largest absolute Gasteiger partial charge is 0.491 e. The van der Waals surface area contributed by atoms with Crippen molar-refractivity contribution in [2.24, 2.45) is 4.99 Å². The molecule has 0 atom stereocenters. The Hall–Kier alpha value is -1.06. The van der Waals surface area contributed by atoms with Gasteiger partial charge in [0.2, 0.25) is 0 Å². The fourth-order valence-electron chi connectivity index (χ4n) is 2.29. The van der Waals surface area contributed by atoms with Crippen molar-refractivity contribution in [3.8, 4) is 5.75 Å². The number of halogens is 1. The maximum absolute atomic E-state index is 5.90. The van der Waals surface area contributed by atoms with Crippen molar-refractivity contribution in [2.75, 3.05) is 53.2 Å². The molecular weight excluding hydrogens is 445 g/mol. The predicted octanol–water partition coefficient (Wildman–Crippen LogP) is 2.91. The molecule has 0 aliphatic carbocycles. The number of hydrogen-bond donors (Lipinski definition) is 2. The van der Waals surface area contributed by atoms with Crippen LogP contribution < -0.4 is 15.4 Å². The molecule has 0 bridgehead atoms. The first kappa shape index (κ1) is 24.9. The molecule has 0 saturated carbocycles. The first-order chi connectivity index (χ1) is 12.2. The van der Waals surface area contributed by atoms with Crippen LogP contribution in [0, 0.1) is 13.8 Å². The number of aliphatic imine (C=N–C) groups is 1. The number of hydrogen-bond acceptors (Lipinski definition) is 4. The summed E-state index contributed by atoms with van der Waals surface area (Å²) in [5.74, 6) is 1.78. The van der Waals surface area contributed by atoms with E-state index in [4.69, 9.17) is 14.2 Å². The van der Waals surface area contributed by atoms with Gasteiger partial charge in [0.05, 0.1) is 19.8 Å². The number of nitrogens with one attached hydrogen (secondary N) is 2. The Kier molecular flexibility index (Phi) is 15.5. The fraction of sp³-hybridized carbons (Fsp3) is 0.632. The summed E-state index contributed by atoms with van der Waals surface area (Å²) in [5.41, 5.74) is 2.32. The highest BCUT2D eigenvalue weighted by molar-refractivity contribution is 14.0. The van der Waals surface area contributed by atoms with Crippen LogP contribution in [0.15, 0.2) is 23.2 Å². The van der Waals surface area contributed by atoms with Crippen LogP contribution in [0.5, 0.6) is 5.75 Å². The lowest BCUT2D eigenvalue weighted by Gasteiger charge is -2.14. The van der Waals surface area contributed by atoms with E-state index in [0.29, 0.717) is 33.0 Å². The van der Waals surface area contributed by atoms with Gasteiger partial charge >= 0.3 is 0 Å². The zero-order valence-electron chi connectivity index (χ0n) is 16.5. The van der Waals surface area contributed by atoms with Gasteiger partial charge in [-0.2, -0.15) is 0 Å². The SMILES string of the molecule is CCNC(=NCCCOCCOC)NCCOc1c(C)cccc1C.I. The number of benzene rings is 1. The van der Waals surface area contributed by atoms with Gasteiger partial charge in [0, 0.05) is 26.8 Å². The summed E-state index contributed by atoms with van der Waals surface area (Å²) in [6, 6.07) is 6.18. The standard InChI is InChI=1S/C19H33N3O3.HI/c1-5-20-19(21-10-7-12-24-15-14-23-4)22-11-13-25-18-16(2)8-6-9-17(18)3;/h6,8-9H,5,7,10-15H2,1-4H3,(H2,20,21,22);1H. The molecule has 0 fully saturated rings. The third-order valence-corrected chi connectivity index (χ3v) is 3.54. The third-order valence-electron chi connectivity index (χ3n) is 3.54. The van der Waals surface area contributed by atoms with Crippen LogP contribution in [0.3, 0.4) is 0 Å². The maximum atomic E-state index is 5.90. The van der Waals surface area contributed by atoms with Crippen LogP contribution in [0.1, 0.15) is 24.5 Å². The first-order valence-electron chi connectivity index (χ1n) is 8.97. The summed E-state index contributed by atoms with van der Waals surface area (Å²) in [4.78, 5) is 4.54. The number of rotatable bonds is 12. The Labute approximate surface area is 175 Å². The van der Waals surface area contributed by atoms with Gasteiger partial charge in [-0.1, -0.05) is 18.2 Å². The predicted molar refractivity (Wildman–Crippen MR) is 118 cm³/mol. The van der Waals surface area contributed by atoms with Gasteiger partial charge in [0.1, 0.15) is 12.4 Å². The topological polar surface area (TPSA) is 64.1 Å². The molecule has 26 heavy (non-hydrogen) atoms. The highest BCUT2D eigenvalue weighted by Crippen LogP contribution is 2.21. The Morgan fingerprint density at radius 3 is 2.42 bits per heavy atom. The quantitative estimate of drug-likeness (QED) is 0.209. The molecule has 7 heteroatoms. The van der Waals surface area contributed by atoms with Crippen molar-refractivity contribution < 1.29 is 14.2 Å². The van der Waals surface area contributed by atoms with Crippen molar-refractivity contribution in [2.45, 2.75) is 27.2 Å². The van der Waals surface area contributed by atoms with Gasteiger partial charge in [0.15, 0.2) is 5.96 Å². The van der Waals surface area contributed by atoms with E-state index in [1.807, 2.05) is 6.07 Å². The Balaban J connectivity index is 0.00000625. The van der Waals surface area contributed by atoms with Crippen LogP contribution in [0.25, 0.3) is 0 Å². The van der Waals surface area contributed by atoms with Gasteiger partial charge in [-0.25, -0.2) is 0 Å². The maximum Gasteiger partial charge on any atom is 0.191 e. The van der Waals surface area contributed by atoms with E-state index in [1.54, 1.807) is 7.11 Å². The second-order valence-corrected chi connectivity index (χ2v) is 5.72. The van der Waals surface area contributed by atoms with Crippen molar-refractivity contribution in [3.05, 3.63) is 29.3 Å². The summed E-state index contributed by atoms with van der Waals surface area (Å²) < 4.78 is 16.3. The van der Waals surface area contributed by atoms with Crippen molar-refractivity contribution in [1.82, 2.24) is 10.6 Å². The monoisotopic (exact) mass is 479 g/mol. The van der Waals surface area contributed by atoms with Crippen LogP contribution in [0.4, 0.5) is 0 Å². The molecule has 0 saturated heterocycles. The molecule has 0 heterocycles. The van der Waals surface area contributed by atoms with Crippen LogP contribution >= 0.6 is 24.0 Å². The number of aryl methyl sites for hydroxylation is 2. The van der Waals surface area contributed by atoms with Crippen molar-refractivity contribution in [1.29, 1.82) is 0 Å². The minimum atomic E-state index is 0. The number of nitrogens with zero attached hydrogens (tertiary/aromatic N) is 1. The highest BCUT2D eigenvalue weighted by Gasteiger charge is 2.03. The summed E-state index contributed by atoms with van der Waals surface area (Å²) >= 11 is 0. The average Bonchev–Trinajstić information content (AvgIpc) is 2.59. The molecule has 0 spiro atoms. The molecule has 0 aromatic heterocycles. The molecule has 1 aromatic rings. The van der Waals surface area contributed by atoms with Crippen LogP contribution in [-0.4, -0.2) is 59.1 Å². The number of guanidine groups is 1. The summed E-state index contributed by atoms with van der Waals surface area (Å²) in [6.07, 6.45) is 0.888. The van der Waals surface area contributed by atoms with Crippen molar-refractivity contribution >= 4 is 29.9 Å². The van der Waals surface area contributed by atoms with E-state index in [1.165, 1.54) is 0 Å². The molecule has 0 unspecified atom stereocenters. The van der Waals surface area contributed by atoms with E-state index >= 15 is 0 Å². The minimum Gasteiger partial charge on any atom is -0.491 e. The fourth-order valence-corrected chi connectivity index (χ4v) is 2.29. The highest BCUT2D eigenvalue weighted by atomic mass is 127. The Morgan fingerprint density at radius 2 is 1.77 bits per heavy atom. The minimum absolute atomic E-state index is 0. The third kappa shape index (κ3) is 10.8. The van der Waals surface area contributed by atoms with E-state index in [0.717, 1.165) is 42.3 Å². The molecule has 2 N–H and O–H groups in total. The van der Waals surface area contributed by atoms with Gasteiger partial charge in [-0.05, 0) is 38.3 Å². The smallest absolute Gasteiger partial charge is 0.191 e. The summed E-state index contributed by atoms with van der Waals surface area (Å²) in [7, 11) is 1.67. The van der Waals surface area contributed by atoms with Crippen LogP contribution in [-0.2, 0) is 9.47 Å². The average molecular weight is 479 g/mol. The summed E-state index contributed by atoms with van der Waals surface area (Å²) in [6.45, 7) is 11.0. The molecule has 6 nitrogen and oxygen atoms in total. The van der Waals surface area contributed by atoms with E-state index in [2.05, 4.69) is 48.5 Å². The van der Waals surface area contributed by atoms with Crippen molar-refractivity contribution in [3.63, 3.8) is 0 Å². The van der Waals surface area contributed by atoms with Crippen LogP contribution in [0.2, 0.25) is 0 Å². The number of para-hydroxylation sites is 1. The van der Waals surface area contributed by atoms with Gasteiger partial charge in [-0.3, -0.25) is 4.99 Å². The molecule has 1 aromatic carbocycles. The molecule has 0 aliphatic heterocycles. The molecule has 150 valence electrons. The van der Waals surface area contributed by atoms with E-state index in [9.17, 15) is 0 Å². The number of methoxy groups -OCH3 is 1. The molecule has 0 aliphatic rings. The Bertz CT molecular complexity index is 493. The number of ether oxygens (including phenoxy) is 3. The normalized spacial score (nSPS) is 11.0. The van der Waals surface area contributed by atoms with Gasteiger partial charge < -0.3 is 24.8 Å². The summed E-state index contributed by atoms with van der Waals surface area (Å²) in [5, 5.41) is 6.53.